The van der Waals surface area contributed by atoms with Gasteiger partial charge in [0, 0.05) is 6.04 Å². The zero-order valence-corrected chi connectivity index (χ0v) is 3.73. The van der Waals surface area contributed by atoms with Crippen LogP contribution in [0.15, 0.2) is 0 Å². The maximum Gasteiger partial charge on any atom is 0.0341 e. The first kappa shape index (κ1) is 5.02. The highest BCUT2D eigenvalue weighted by molar-refractivity contribution is 5.93. The molecule has 0 amide bonds. The molecule has 0 fully saturated rings. The molecule has 2 heteroatoms. The van der Waals surface area contributed by atoms with Crippen LogP contribution in [0.25, 0.3) is 0 Å². The monoisotopic (exact) mass is 70.1 g/mol. The van der Waals surface area contributed by atoms with E-state index in [1.165, 1.54) is 0 Å². The van der Waals surface area contributed by atoms with Crippen molar-refractivity contribution in [3.8, 4) is 0 Å². The van der Waals surface area contributed by atoms with Crippen molar-refractivity contribution in [3.63, 3.8) is 0 Å². The van der Waals surface area contributed by atoms with Crippen LogP contribution >= 0.6 is 0 Å². The molecule has 0 spiro atoms. The molecule has 5 heavy (non-hydrogen) atoms. The summed E-state index contributed by atoms with van der Waals surface area (Å²) in [5.41, 5.74) is 0. The molecular weight excluding hydrogens is 60.9 g/mol. The van der Waals surface area contributed by atoms with Crippen molar-refractivity contribution in [3.05, 3.63) is 0 Å². The number of hydrogen-bond acceptors (Lipinski definition) is 0. The predicted octanol–water partition coefficient (Wildman–Crippen LogP) is -0.958. The second-order valence-electron chi connectivity index (χ2n) is 1.44. The standard InChI is InChI=1S/C3H9BN/c1-3(2)5-4/h3H,5H2,1-2H3. The largest absolute Gasteiger partial charge is 0.606 e. The molecule has 0 aliphatic rings. The van der Waals surface area contributed by atoms with Gasteiger partial charge in [0.25, 0.3) is 0 Å². The lowest BCUT2D eigenvalue weighted by Crippen LogP contribution is -2.86. The molecule has 0 heterocycles. The quantitative estimate of drug-likeness (QED) is 0.383. The molecule has 0 unspecified atom stereocenters. The third-order valence-corrected chi connectivity index (χ3v) is 0.385. The van der Waals surface area contributed by atoms with Gasteiger partial charge in [-0.1, -0.05) is 0 Å². The summed E-state index contributed by atoms with van der Waals surface area (Å²) < 4.78 is 0. The second-order valence-corrected chi connectivity index (χ2v) is 1.44. The summed E-state index contributed by atoms with van der Waals surface area (Å²) >= 11 is 0. The average molecular weight is 69.9 g/mol. The summed E-state index contributed by atoms with van der Waals surface area (Å²) in [6.07, 6.45) is 0. The highest BCUT2D eigenvalue weighted by Gasteiger charge is 1.73. The fourth-order valence-electron chi connectivity index (χ4n) is 0. The van der Waals surface area contributed by atoms with Crippen molar-refractivity contribution >= 4 is 7.98 Å². The van der Waals surface area contributed by atoms with Crippen LogP contribution in [0.4, 0.5) is 0 Å². The molecule has 29 valence electrons. The summed E-state index contributed by atoms with van der Waals surface area (Å²) in [5, 5.41) is 1.67. The van der Waals surface area contributed by atoms with E-state index in [4.69, 9.17) is 7.98 Å². The average Bonchev–Trinajstić information content (AvgIpc) is 1.38. The van der Waals surface area contributed by atoms with Gasteiger partial charge < -0.3 is 5.23 Å². The first-order valence-electron chi connectivity index (χ1n) is 1.82. The molecular formula is C3H9BN. The lowest BCUT2D eigenvalue weighted by molar-refractivity contribution is -0.541. The highest BCUT2D eigenvalue weighted by Crippen LogP contribution is 1.55. The molecule has 1 nitrogen and oxygen atoms in total. The molecule has 0 rings (SSSR count). The molecule has 0 saturated carbocycles. The van der Waals surface area contributed by atoms with Crippen LogP contribution < -0.4 is 5.23 Å². The molecule has 0 bridgehead atoms. The fourth-order valence-corrected chi connectivity index (χ4v) is 0. The van der Waals surface area contributed by atoms with Crippen LogP contribution in [-0.4, -0.2) is 14.0 Å². The van der Waals surface area contributed by atoms with E-state index in [1.54, 1.807) is 5.23 Å². The van der Waals surface area contributed by atoms with Gasteiger partial charge in [0.1, 0.15) is 0 Å². The molecule has 0 aliphatic heterocycles. The second kappa shape index (κ2) is 2.27. The summed E-state index contributed by atoms with van der Waals surface area (Å²) in [4.78, 5) is 0. The molecule has 2 N–H and O–H groups in total. The van der Waals surface area contributed by atoms with E-state index in [1.807, 2.05) is 13.8 Å². The first-order chi connectivity index (χ1) is 2.27. The van der Waals surface area contributed by atoms with Crippen LogP contribution in [-0.2, 0) is 0 Å². The van der Waals surface area contributed by atoms with Gasteiger partial charge in [-0.25, -0.2) is 7.98 Å². The van der Waals surface area contributed by atoms with Gasteiger partial charge in [-0.2, -0.15) is 0 Å². The van der Waals surface area contributed by atoms with Gasteiger partial charge in [0.05, 0.1) is 0 Å². The van der Waals surface area contributed by atoms with E-state index in [-0.39, 0.29) is 0 Å². The third kappa shape index (κ3) is 4.02. The Bertz CT molecular complexity index is 20.9. The van der Waals surface area contributed by atoms with E-state index in [9.17, 15) is 0 Å². The lowest BCUT2D eigenvalue weighted by Gasteiger charge is -2.05. The van der Waals surface area contributed by atoms with Gasteiger partial charge in [-0.05, 0) is 13.8 Å². The Morgan fingerprint density at radius 1 is 1.60 bits per heavy atom. The van der Waals surface area contributed by atoms with Crippen LogP contribution in [0.1, 0.15) is 13.8 Å². The Morgan fingerprint density at radius 2 is 1.80 bits per heavy atom. The Morgan fingerprint density at radius 3 is 1.80 bits per heavy atom. The smallest absolute Gasteiger partial charge is 0.0341 e. The topological polar surface area (TPSA) is 16.6 Å². The van der Waals surface area contributed by atoms with Crippen molar-refractivity contribution < 1.29 is 5.23 Å². The summed E-state index contributed by atoms with van der Waals surface area (Å²) in [5.74, 6) is 0. The Labute approximate surface area is 34.2 Å². The molecule has 0 aliphatic carbocycles. The van der Waals surface area contributed by atoms with Crippen molar-refractivity contribution in [2.45, 2.75) is 19.9 Å². The minimum atomic E-state index is 0.537. The zero-order valence-electron chi connectivity index (χ0n) is 3.73. The Balaban J connectivity index is 2.54. The molecule has 0 aromatic rings. The number of hydrogen-bond donors (Lipinski definition) is 1. The predicted molar refractivity (Wildman–Crippen MR) is 22.8 cm³/mol. The van der Waals surface area contributed by atoms with Crippen LogP contribution in [0.3, 0.4) is 0 Å². The van der Waals surface area contributed by atoms with Gasteiger partial charge in [-0.15, -0.1) is 0 Å². The van der Waals surface area contributed by atoms with Crippen LogP contribution in [0.5, 0.6) is 0 Å². The van der Waals surface area contributed by atoms with Gasteiger partial charge in [0.15, 0.2) is 0 Å². The van der Waals surface area contributed by atoms with Crippen molar-refractivity contribution in [2.75, 3.05) is 0 Å². The highest BCUT2D eigenvalue weighted by atomic mass is 14.8. The van der Waals surface area contributed by atoms with Gasteiger partial charge in [-0.3, -0.25) is 0 Å². The molecule has 0 atom stereocenters. The minimum Gasteiger partial charge on any atom is -0.606 e. The lowest BCUT2D eigenvalue weighted by atomic mass is 10.3. The maximum atomic E-state index is 5.05. The number of quaternary nitrogens is 1. The maximum absolute atomic E-state index is 5.05. The third-order valence-electron chi connectivity index (χ3n) is 0.385. The SMILES string of the molecule is [B-][NH2+]C(C)C. The van der Waals surface area contributed by atoms with E-state index in [0.29, 0.717) is 6.04 Å². The summed E-state index contributed by atoms with van der Waals surface area (Å²) in [6, 6.07) is 0.537. The van der Waals surface area contributed by atoms with E-state index in [0.717, 1.165) is 0 Å². The Hall–Kier alpha value is 0.0249. The zero-order chi connectivity index (χ0) is 4.28. The molecule has 3 radical (unpaired) electrons. The Kier molecular flexibility index (Phi) is 2.28. The van der Waals surface area contributed by atoms with E-state index in [2.05, 4.69) is 0 Å². The fraction of sp³-hybridized carbons (Fsp3) is 1.00. The van der Waals surface area contributed by atoms with Crippen LogP contribution in [0.2, 0.25) is 0 Å². The first-order valence-corrected chi connectivity index (χ1v) is 1.82. The normalized spacial score (nSPS) is 9.60. The van der Waals surface area contributed by atoms with Crippen LogP contribution in [0, 0.1) is 0 Å². The van der Waals surface area contributed by atoms with Gasteiger partial charge >= 0.3 is 0 Å². The van der Waals surface area contributed by atoms with E-state index >= 15 is 0 Å². The minimum absolute atomic E-state index is 0.537. The summed E-state index contributed by atoms with van der Waals surface area (Å²) in [6.45, 7) is 4.08. The van der Waals surface area contributed by atoms with Crippen molar-refractivity contribution in [2.24, 2.45) is 0 Å². The molecule has 0 saturated heterocycles. The van der Waals surface area contributed by atoms with Crippen molar-refractivity contribution in [1.82, 2.24) is 0 Å². The summed E-state index contributed by atoms with van der Waals surface area (Å²) in [7, 11) is 5.05. The number of rotatable bonds is 1. The molecule has 0 aromatic carbocycles. The molecule has 0 aromatic heterocycles. The number of nitrogens with two attached hydrogens (primary N) is 1. The van der Waals surface area contributed by atoms with E-state index < -0.39 is 0 Å². The van der Waals surface area contributed by atoms with Gasteiger partial charge in [0.2, 0.25) is 0 Å². The van der Waals surface area contributed by atoms with Crippen molar-refractivity contribution in [1.29, 1.82) is 0 Å².